The number of aromatic nitrogens is 2. The van der Waals surface area contributed by atoms with E-state index in [0.717, 1.165) is 16.7 Å². The van der Waals surface area contributed by atoms with E-state index in [-0.39, 0.29) is 5.91 Å². The molecule has 1 N–H and O–H groups in total. The number of hydrogen-bond donors (Lipinski definition) is 1. The second-order valence-corrected chi connectivity index (χ2v) is 6.85. The van der Waals surface area contributed by atoms with Gasteiger partial charge in [0, 0.05) is 24.5 Å². The second-order valence-electron chi connectivity index (χ2n) is 6.85. The van der Waals surface area contributed by atoms with Crippen LogP contribution in [0.25, 0.3) is 11.1 Å². The summed E-state index contributed by atoms with van der Waals surface area (Å²) in [6, 6.07) is 20.9. The maximum absolute atomic E-state index is 13.5. The topological polar surface area (TPSA) is 56.2 Å². The monoisotopic (exact) mass is 401 g/mol. The fraction of sp³-hybridized carbons (Fsp3) is 0.0833. The minimum atomic E-state index is -0.416. The lowest BCUT2D eigenvalue weighted by Crippen LogP contribution is -2.14. The minimum absolute atomic E-state index is 0.317. The molecule has 0 aliphatic heterocycles. The van der Waals surface area contributed by atoms with E-state index in [1.807, 2.05) is 55.7 Å². The van der Waals surface area contributed by atoms with Crippen molar-refractivity contribution in [2.24, 2.45) is 7.05 Å². The Labute approximate surface area is 173 Å². The minimum Gasteiger partial charge on any atom is -0.488 e. The van der Waals surface area contributed by atoms with E-state index in [0.29, 0.717) is 23.6 Å². The molecule has 0 radical (unpaired) electrons. The molecule has 150 valence electrons. The summed E-state index contributed by atoms with van der Waals surface area (Å²) in [6.07, 6.45) is 3.64. The van der Waals surface area contributed by atoms with Gasteiger partial charge in [-0.05, 0) is 41.5 Å². The van der Waals surface area contributed by atoms with Crippen molar-refractivity contribution < 1.29 is 13.9 Å². The van der Waals surface area contributed by atoms with Crippen molar-refractivity contribution in [2.75, 3.05) is 5.32 Å². The number of benzene rings is 3. The Bertz CT molecular complexity index is 1170. The average molecular weight is 401 g/mol. The SMILES string of the molecule is Cn1cc(-c2ccc(C(=O)Nc3cccc(F)c3)c(OCc3ccccc3)c2)cn1. The van der Waals surface area contributed by atoms with Crippen LogP contribution in [0.1, 0.15) is 15.9 Å². The molecule has 1 amide bonds. The molecular formula is C24H20FN3O2. The number of nitrogens with one attached hydrogen (secondary N) is 1. The van der Waals surface area contributed by atoms with Crippen LogP contribution >= 0.6 is 0 Å². The maximum atomic E-state index is 13.5. The first-order valence-corrected chi connectivity index (χ1v) is 9.45. The molecule has 5 nitrogen and oxygen atoms in total. The van der Waals surface area contributed by atoms with Crippen molar-refractivity contribution in [3.63, 3.8) is 0 Å². The van der Waals surface area contributed by atoms with Crippen molar-refractivity contribution in [2.45, 2.75) is 6.61 Å². The standard InChI is InChI=1S/C24H20FN3O2/c1-28-15-19(14-26-28)18-10-11-22(24(29)27-21-9-5-8-20(25)13-21)23(12-18)30-16-17-6-3-2-4-7-17/h2-15H,16H2,1H3,(H,27,29). The Balaban J connectivity index is 1.64. The van der Waals surface area contributed by atoms with E-state index in [1.54, 1.807) is 29.1 Å². The molecule has 3 aromatic carbocycles. The van der Waals surface area contributed by atoms with E-state index < -0.39 is 5.82 Å². The number of halogens is 1. The van der Waals surface area contributed by atoms with Gasteiger partial charge in [0.25, 0.3) is 5.91 Å². The highest BCUT2D eigenvalue weighted by Gasteiger charge is 2.15. The summed E-state index contributed by atoms with van der Waals surface area (Å²) in [5.41, 5.74) is 3.53. The molecule has 1 aromatic heterocycles. The van der Waals surface area contributed by atoms with Gasteiger partial charge in [0.2, 0.25) is 0 Å². The van der Waals surface area contributed by atoms with Gasteiger partial charge in [-0.2, -0.15) is 5.10 Å². The zero-order valence-electron chi connectivity index (χ0n) is 16.4. The summed E-state index contributed by atoms with van der Waals surface area (Å²) in [6.45, 7) is 0.317. The van der Waals surface area contributed by atoms with Crippen LogP contribution in [-0.4, -0.2) is 15.7 Å². The van der Waals surface area contributed by atoms with Gasteiger partial charge in [-0.3, -0.25) is 9.48 Å². The normalized spacial score (nSPS) is 10.6. The molecule has 0 saturated heterocycles. The fourth-order valence-electron chi connectivity index (χ4n) is 3.08. The van der Waals surface area contributed by atoms with Gasteiger partial charge in [-0.15, -0.1) is 0 Å². The maximum Gasteiger partial charge on any atom is 0.259 e. The number of aryl methyl sites for hydroxylation is 1. The molecule has 4 rings (SSSR count). The summed E-state index contributed by atoms with van der Waals surface area (Å²) in [4.78, 5) is 12.9. The van der Waals surface area contributed by atoms with Crippen LogP contribution in [0, 0.1) is 5.82 Å². The van der Waals surface area contributed by atoms with Crippen LogP contribution in [0.15, 0.2) is 85.2 Å². The molecule has 6 heteroatoms. The van der Waals surface area contributed by atoms with Crippen LogP contribution in [0.5, 0.6) is 5.75 Å². The van der Waals surface area contributed by atoms with Gasteiger partial charge in [0.1, 0.15) is 18.2 Å². The Hall–Kier alpha value is -3.93. The third-order valence-electron chi connectivity index (χ3n) is 4.58. The lowest BCUT2D eigenvalue weighted by atomic mass is 10.1. The summed E-state index contributed by atoms with van der Waals surface area (Å²) in [7, 11) is 1.84. The molecule has 0 bridgehead atoms. The number of hydrogen-bond acceptors (Lipinski definition) is 3. The van der Waals surface area contributed by atoms with Crippen molar-refractivity contribution in [3.05, 3.63) is 102 Å². The largest absolute Gasteiger partial charge is 0.488 e. The van der Waals surface area contributed by atoms with E-state index in [2.05, 4.69) is 10.4 Å². The lowest BCUT2D eigenvalue weighted by molar-refractivity contribution is 0.102. The summed E-state index contributed by atoms with van der Waals surface area (Å²) in [5.74, 6) is -0.351. The van der Waals surface area contributed by atoms with Crippen molar-refractivity contribution in [3.8, 4) is 16.9 Å². The molecule has 0 aliphatic carbocycles. The Morgan fingerprint density at radius 1 is 1.03 bits per heavy atom. The van der Waals surface area contributed by atoms with Crippen molar-refractivity contribution in [1.29, 1.82) is 0 Å². The fourth-order valence-corrected chi connectivity index (χ4v) is 3.08. The summed E-state index contributed by atoms with van der Waals surface area (Å²) < 4.78 is 21.2. The highest BCUT2D eigenvalue weighted by Crippen LogP contribution is 2.29. The third-order valence-corrected chi connectivity index (χ3v) is 4.58. The van der Waals surface area contributed by atoms with Gasteiger partial charge < -0.3 is 10.1 Å². The Morgan fingerprint density at radius 3 is 2.60 bits per heavy atom. The number of anilines is 1. The summed E-state index contributed by atoms with van der Waals surface area (Å²) >= 11 is 0. The molecule has 0 atom stereocenters. The quantitative estimate of drug-likeness (QED) is 0.491. The zero-order chi connectivity index (χ0) is 20.9. The van der Waals surface area contributed by atoms with Gasteiger partial charge in [-0.1, -0.05) is 42.5 Å². The van der Waals surface area contributed by atoms with E-state index >= 15 is 0 Å². The number of carbonyl (C=O) groups is 1. The number of ether oxygens (including phenoxy) is 1. The van der Waals surface area contributed by atoms with E-state index in [1.165, 1.54) is 12.1 Å². The van der Waals surface area contributed by atoms with Crippen LogP contribution in [-0.2, 0) is 13.7 Å². The van der Waals surface area contributed by atoms with Gasteiger partial charge in [0.05, 0.1) is 11.8 Å². The Morgan fingerprint density at radius 2 is 1.87 bits per heavy atom. The highest BCUT2D eigenvalue weighted by atomic mass is 19.1. The smallest absolute Gasteiger partial charge is 0.259 e. The molecule has 0 aliphatic rings. The molecule has 0 unspecified atom stereocenters. The predicted molar refractivity (Wildman–Crippen MR) is 114 cm³/mol. The third kappa shape index (κ3) is 4.55. The second kappa shape index (κ2) is 8.61. The van der Waals surface area contributed by atoms with Crippen molar-refractivity contribution >= 4 is 11.6 Å². The molecule has 30 heavy (non-hydrogen) atoms. The first kappa shape index (κ1) is 19.4. The first-order chi connectivity index (χ1) is 14.6. The molecule has 0 saturated carbocycles. The molecule has 1 heterocycles. The number of nitrogens with zero attached hydrogens (tertiary/aromatic N) is 2. The molecule has 0 fully saturated rings. The number of carbonyl (C=O) groups excluding carboxylic acids is 1. The predicted octanol–water partition coefficient (Wildman–Crippen LogP) is 5.06. The lowest BCUT2D eigenvalue weighted by Gasteiger charge is -2.13. The van der Waals surface area contributed by atoms with Gasteiger partial charge >= 0.3 is 0 Å². The van der Waals surface area contributed by atoms with E-state index in [9.17, 15) is 9.18 Å². The number of amides is 1. The first-order valence-electron chi connectivity index (χ1n) is 9.45. The van der Waals surface area contributed by atoms with Crippen molar-refractivity contribution in [1.82, 2.24) is 9.78 Å². The van der Waals surface area contributed by atoms with Gasteiger partial charge in [0.15, 0.2) is 0 Å². The highest BCUT2D eigenvalue weighted by molar-refractivity contribution is 6.06. The molecule has 4 aromatic rings. The average Bonchev–Trinajstić information content (AvgIpc) is 3.19. The van der Waals surface area contributed by atoms with E-state index in [4.69, 9.17) is 4.74 Å². The van der Waals surface area contributed by atoms with Crippen LogP contribution in [0.2, 0.25) is 0 Å². The summed E-state index contributed by atoms with van der Waals surface area (Å²) in [5, 5.41) is 6.92. The van der Waals surface area contributed by atoms with Crippen LogP contribution in [0.4, 0.5) is 10.1 Å². The Kier molecular flexibility index (Phi) is 5.57. The van der Waals surface area contributed by atoms with Gasteiger partial charge in [-0.25, -0.2) is 4.39 Å². The number of rotatable bonds is 6. The molecular weight excluding hydrogens is 381 g/mol. The molecule has 0 spiro atoms. The zero-order valence-corrected chi connectivity index (χ0v) is 16.4. The van der Waals surface area contributed by atoms with Crippen LogP contribution in [0.3, 0.4) is 0 Å². The van der Waals surface area contributed by atoms with Crippen LogP contribution < -0.4 is 10.1 Å².